The Kier molecular flexibility index (Phi) is 4.59. The summed E-state index contributed by atoms with van der Waals surface area (Å²) < 4.78 is 1.78. The van der Waals surface area contributed by atoms with Crippen molar-refractivity contribution in [2.24, 2.45) is 12.8 Å². The van der Waals surface area contributed by atoms with Gasteiger partial charge in [0.05, 0.1) is 6.20 Å². The third-order valence-corrected chi connectivity index (χ3v) is 3.47. The fourth-order valence-electron chi connectivity index (χ4n) is 1.94. The molecule has 6 heteroatoms. The Balaban J connectivity index is 1.88. The molecule has 1 unspecified atom stereocenters. The number of aromatic nitrogens is 2. The van der Waals surface area contributed by atoms with Crippen molar-refractivity contribution in [3.8, 4) is 0 Å². The van der Waals surface area contributed by atoms with Gasteiger partial charge < -0.3 is 16.4 Å². The van der Waals surface area contributed by atoms with Crippen molar-refractivity contribution in [1.82, 2.24) is 15.1 Å². The Labute approximate surface area is 124 Å². The Morgan fingerprint density at radius 1 is 1.38 bits per heavy atom. The van der Waals surface area contributed by atoms with Crippen LogP contribution in [0.1, 0.15) is 29.8 Å². The highest BCUT2D eigenvalue weighted by atomic mass is 16.2. The molecule has 4 N–H and O–H groups in total. The van der Waals surface area contributed by atoms with E-state index in [9.17, 15) is 4.79 Å². The van der Waals surface area contributed by atoms with Crippen molar-refractivity contribution >= 4 is 11.7 Å². The van der Waals surface area contributed by atoms with Crippen LogP contribution in [0.25, 0.3) is 0 Å². The quantitative estimate of drug-likeness (QED) is 0.804. The van der Waals surface area contributed by atoms with Gasteiger partial charge in [-0.3, -0.25) is 4.68 Å². The van der Waals surface area contributed by atoms with Crippen molar-refractivity contribution < 1.29 is 4.79 Å². The monoisotopic (exact) mass is 287 g/mol. The van der Waals surface area contributed by atoms with Gasteiger partial charge in [-0.1, -0.05) is 12.1 Å². The first kappa shape index (κ1) is 15.1. The summed E-state index contributed by atoms with van der Waals surface area (Å²) in [7, 11) is 1.87. The summed E-state index contributed by atoms with van der Waals surface area (Å²) in [5.74, 6) is 0. The van der Waals surface area contributed by atoms with E-state index < -0.39 is 0 Å². The zero-order chi connectivity index (χ0) is 15.4. The molecule has 0 bridgehead atoms. The highest BCUT2D eigenvalue weighted by Crippen LogP contribution is 2.14. The molecule has 2 aromatic rings. The van der Waals surface area contributed by atoms with Crippen LogP contribution in [0, 0.1) is 6.92 Å². The summed E-state index contributed by atoms with van der Waals surface area (Å²) in [6.07, 6.45) is 1.76. The third-order valence-electron chi connectivity index (χ3n) is 3.47. The molecule has 0 aliphatic heterocycles. The average molecular weight is 287 g/mol. The minimum absolute atomic E-state index is 0.0126. The van der Waals surface area contributed by atoms with Crippen LogP contribution in [0.15, 0.2) is 30.5 Å². The molecule has 1 aromatic heterocycles. The summed E-state index contributed by atoms with van der Waals surface area (Å²) in [6.45, 7) is 4.34. The summed E-state index contributed by atoms with van der Waals surface area (Å²) >= 11 is 0. The molecule has 1 aromatic carbocycles. The van der Waals surface area contributed by atoms with Crippen LogP contribution < -0.4 is 16.4 Å². The number of carbonyl (C=O) groups is 1. The van der Waals surface area contributed by atoms with Crippen molar-refractivity contribution in [2.45, 2.75) is 26.4 Å². The molecular formula is C15H21N5O. The number of hydrogen-bond donors (Lipinski definition) is 3. The van der Waals surface area contributed by atoms with Gasteiger partial charge in [-0.15, -0.1) is 0 Å². The lowest BCUT2D eigenvalue weighted by Crippen LogP contribution is -2.28. The lowest BCUT2D eigenvalue weighted by atomic mass is 10.1. The maximum atomic E-state index is 11.8. The van der Waals surface area contributed by atoms with Gasteiger partial charge in [0.15, 0.2) is 0 Å². The molecule has 0 saturated heterocycles. The van der Waals surface area contributed by atoms with Gasteiger partial charge >= 0.3 is 6.03 Å². The number of carbonyl (C=O) groups excluding carboxylic acids is 1. The number of amides is 2. The van der Waals surface area contributed by atoms with Crippen molar-refractivity contribution in [3.05, 3.63) is 47.3 Å². The Morgan fingerprint density at radius 3 is 2.57 bits per heavy atom. The third kappa shape index (κ3) is 3.82. The molecule has 1 atom stereocenters. The number of urea groups is 1. The molecule has 1 heterocycles. The van der Waals surface area contributed by atoms with Gasteiger partial charge in [0, 0.05) is 36.6 Å². The van der Waals surface area contributed by atoms with E-state index in [1.165, 1.54) is 0 Å². The molecule has 0 radical (unpaired) electrons. The standard InChI is InChI=1S/C15H21N5O/c1-10(16)12-4-6-14(7-5-12)19-15(21)17-8-13-9-18-20(3)11(13)2/h4-7,9-10H,8,16H2,1-3H3,(H2,17,19,21). The predicted molar refractivity (Wildman–Crippen MR) is 82.8 cm³/mol. The van der Waals surface area contributed by atoms with Gasteiger partial charge in [-0.25, -0.2) is 4.79 Å². The zero-order valence-electron chi connectivity index (χ0n) is 12.6. The average Bonchev–Trinajstić information content (AvgIpc) is 2.77. The Bertz CT molecular complexity index is 615. The zero-order valence-corrected chi connectivity index (χ0v) is 12.6. The van der Waals surface area contributed by atoms with E-state index >= 15 is 0 Å². The summed E-state index contributed by atoms with van der Waals surface area (Å²) in [5.41, 5.74) is 9.59. The summed E-state index contributed by atoms with van der Waals surface area (Å²) in [5, 5.41) is 9.73. The molecule has 2 amide bonds. The molecule has 0 saturated carbocycles. The molecule has 2 rings (SSSR count). The van der Waals surface area contributed by atoms with Gasteiger partial charge in [-0.05, 0) is 31.5 Å². The molecule has 21 heavy (non-hydrogen) atoms. The van der Waals surface area contributed by atoms with Gasteiger partial charge in [0.1, 0.15) is 0 Å². The first-order valence-corrected chi connectivity index (χ1v) is 6.85. The number of nitrogens with zero attached hydrogens (tertiary/aromatic N) is 2. The highest BCUT2D eigenvalue weighted by Gasteiger charge is 2.06. The van der Waals surface area contributed by atoms with Crippen LogP contribution in [0.5, 0.6) is 0 Å². The van der Waals surface area contributed by atoms with E-state index in [0.717, 1.165) is 22.5 Å². The topological polar surface area (TPSA) is 85.0 Å². The fraction of sp³-hybridized carbons (Fsp3) is 0.333. The van der Waals surface area contributed by atoms with Crippen molar-refractivity contribution in [3.63, 3.8) is 0 Å². The van der Waals surface area contributed by atoms with Crippen LogP contribution >= 0.6 is 0 Å². The van der Waals surface area contributed by atoms with E-state index in [-0.39, 0.29) is 12.1 Å². The molecule has 0 spiro atoms. The van der Waals surface area contributed by atoms with E-state index in [1.807, 2.05) is 45.2 Å². The van der Waals surface area contributed by atoms with Crippen molar-refractivity contribution in [1.29, 1.82) is 0 Å². The lowest BCUT2D eigenvalue weighted by Gasteiger charge is -2.09. The number of nitrogens with two attached hydrogens (primary N) is 1. The number of benzene rings is 1. The van der Waals surface area contributed by atoms with Crippen LogP contribution in [-0.2, 0) is 13.6 Å². The Hall–Kier alpha value is -2.34. The normalized spacial score (nSPS) is 12.0. The number of hydrogen-bond acceptors (Lipinski definition) is 3. The van der Waals surface area contributed by atoms with Gasteiger partial charge in [0.25, 0.3) is 0 Å². The van der Waals surface area contributed by atoms with E-state index in [4.69, 9.17) is 5.73 Å². The first-order valence-electron chi connectivity index (χ1n) is 6.85. The molecule has 112 valence electrons. The Morgan fingerprint density at radius 2 is 2.05 bits per heavy atom. The van der Waals surface area contributed by atoms with Gasteiger partial charge in [-0.2, -0.15) is 5.10 Å². The van der Waals surface area contributed by atoms with Crippen LogP contribution in [0.4, 0.5) is 10.5 Å². The highest BCUT2D eigenvalue weighted by molar-refractivity contribution is 5.89. The fourth-order valence-corrected chi connectivity index (χ4v) is 1.94. The minimum atomic E-state index is -0.244. The molecule has 0 fully saturated rings. The lowest BCUT2D eigenvalue weighted by molar-refractivity contribution is 0.251. The SMILES string of the molecule is Cc1c(CNC(=O)Nc2ccc(C(C)N)cc2)cnn1C. The molecule has 0 aliphatic rings. The number of aryl methyl sites for hydroxylation is 1. The largest absolute Gasteiger partial charge is 0.334 e. The second-order valence-corrected chi connectivity index (χ2v) is 5.10. The number of rotatable bonds is 4. The summed E-state index contributed by atoms with van der Waals surface area (Å²) in [6, 6.07) is 7.24. The predicted octanol–water partition coefficient (Wildman–Crippen LogP) is 2.07. The van der Waals surface area contributed by atoms with Crippen LogP contribution in [0.2, 0.25) is 0 Å². The second kappa shape index (κ2) is 6.41. The first-order chi connectivity index (χ1) is 9.97. The number of anilines is 1. The smallest absolute Gasteiger partial charge is 0.319 e. The molecular weight excluding hydrogens is 266 g/mol. The van der Waals surface area contributed by atoms with Crippen molar-refractivity contribution in [2.75, 3.05) is 5.32 Å². The van der Waals surface area contributed by atoms with Gasteiger partial charge in [0.2, 0.25) is 0 Å². The van der Waals surface area contributed by atoms with E-state index in [1.54, 1.807) is 10.9 Å². The second-order valence-electron chi connectivity index (χ2n) is 5.10. The number of nitrogens with one attached hydrogen (secondary N) is 2. The van der Waals surface area contributed by atoms with E-state index in [2.05, 4.69) is 15.7 Å². The maximum Gasteiger partial charge on any atom is 0.319 e. The summed E-state index contributed by atoms with van der Waals surface area (Å²) in [4.78, 5) is 11.8. The maximum absolute atomic E-state index is 11.8. The van der Waals surface area contributed by atoms with Crippen LogP contribution in [0.3, 0.4) is 0 Å². The van der Waals surface area contributed by atoms with E-state index in [0.29, 0.717) is 6.54 Å². The molecule has 0 aliphatic carbocycles. The minimum Gasteiger partial charge on any atom is -0.334 e. The van der Waals surface area contributed by atoms with Crippen LogP contribution in [-0.4, -0.2) is 15.8 Å². The molecule has 6 nitrogen and oxygen atoms in total.